The van der Waals surface area contributed by atoms with E-state index in [2.05, 4.69) is 23.9 Å². The lowest BCUT2D eigenvalue weighted by atomic mass is 9.99. The Kier molecular flexibility index (Phi) is 4.10. The second-order valence-corrected chi connectivity index (χ2v) is 9.67. The van der Waals surface area contributed by atoms with Crippen LogP contribution < -0.4 is 10.3 Å². The maximum atomic E-state index is 15.8. The Labute approximate surface area is 174 Å². The highest BCUT2D eigenvalue weighted by atomic mass is 19.1. The molecule has 0 bridgehead atoms. The monoisotopic (exact) mass is 413 g/mol. The van der Waals surface area contributed by atoms with Gasteiger partial charge in [-0.2, -0.15) is 0 Å². The van der Waals surface area contributed by atoms with E-state index in [0.717, 1.165) is 44.3 Å². The number of pyridine rings is 1. The van der Waals surface area contributed by atoms with Gasteiger partial charge in [0.15, 0.2) is 5.82 Å². The molecule has 6 nitrogen and oxygen atoms in total. The standard InChI is InChI=1S/C23H28FN3O3/c1-12-17-19(27(14-5-6-14)9-15(21(17)28)22(29)30)13(2)20(18(12)24)26-10-16(25(3)4)23(11-26)7-8-23/h9,14,16H,5-8,10-11H2,1-4H3,(H,29,30)/t16-/m1/s1. The SMILES string of the molecule is Cc1c(F)c(N2C[C@@H](N(C)C)C3(CC3)C2)c(C)c2c1c(=O)c(C(=O)O)cn2C1CC1. The van der Waals surface area contributed by atoms with Gasteiger partial charge in [-0.25, -0.2) is 9.18 Å². The Morgan fingerprint density at radius 2 is 1.90 bits per heavy atom. The van der Waals surface area contributed by atoms with Crippen LogP contribution in [0.2, 0.25) is 0 Å². The van der Waals surface area contributed by atoms with Crippen LogP contribution in [0.4, 0.5) is 10.1 Å². The number of benzene rings is 1. The summed E-state index contributed by atoms with van der Waals surface area (Å²) in [4.78, 5) is 29.1. The number of hydrogen-bond donors (Lipinski definition) is 1. The topological polar surface area (TPSA) is 65.8 Å². The van der Waals surface area contributed by atoms with Gasteiger partial charge >= 0.3 is 5.97 Å². The Morgan fingerprint density at radius 1 is 1.23 bits per heavy atom. The first-order chi connectivity index (χ1) is 14.2. The third-order valence-electron chi connectivity index (χ3n) is 7.47. The summed E-state index contributed by atoms with van der Waals surface area (Å²) in [6.07, 6.45) is 5.67. The number of fused-ring (bicyclic) bond motifs is 1. The van der Waals surface area contributed by atoms with Crippen LogP contribution in [0.15, 0.2) is 11.0 Å². The lowest BCUT2D eigenvalue weighted by Gasteiger charge is -2.26. The van der Waals surface area contributed by atoms with E-state index in [1.165, 1.54) is 6.20 Å². The molecule has 0 unspecified atom stereocenters. The number of carbonyl (C=O) groups is 1. The molecular formula is C23H28FN3O3. The molecule has 0 radical (unpaired) electrons. The van der Waals surface area contributed by atoms with Crippen molar-refractivity contribution in [1.82, 2.24) is 9.47 Å². The molecule has 3 aliphatic rings. The number of aryl methyl sites for hydroxylation is 2. The average molecular weight is 413 g/mol. The predicted octanol–water partition coefficient (Wildman–Crippen LogP) is 3.32. The molecule has 2 heterocycles. The fourth-order valence-corrected chi connectivity index (χ4v) is 5.58. The van der Waals surface area contributed by atoms with Crippen LogP contribution in [0.3, 0.4) is 0 Å². The lowest BCUT2D eigenvalue weighted by Crippen LogP contribution is -2.36. The smallest absolute Gasteiger partial charge is 0.341 e. The van der Waals surface area contributed by atoms with E-state index in [-0.39, 0.29) is 28.0 Å². The molecular weight excluding hydrogens is 385 g/mol. The van der Waals surface area contributed by atoms with Gasteiger partial charge in [0, 0.05) is 42.3 Å². The maximum absolute atomic E-state index is 15.8. The second-order valence-electron chi connectivity index (χ2n) is 9.67. The Balaban J connectivity index is 1.76. The molecule has 2 aromatic rings. The van der Waals surface area contributed by atoms with Crippen LogP contribution in [-0.2, 0) is 0 Å². The minimum absolute atomic E-state index is 0.172. The summed E-state index contributed by atoms with van der Waals surface area (Å²) in [5.74, 6) is -1.65. The highest BCUT2D eigenvalue weighted by molar-refractivity contribution is 5.97. The van der Waals surface area contributed by atoms with Crippen molar-refractivity contribution in [2.45, 2.75) is 51.6 Å². The molecule has 5 rings (SSSR count). The van der Waals surface area contributed by atoms with Gasteiger partial charge in [0.1, 0.15) is 5.56 Å². The van der Waals surface area contributed by atoms with Gasteiger partial charge in [-0.05, 0) is 59.2 Å². The minimum Gasteiger partial charge on any atom is -0.477 e. The lowest BCUT2D eigenvalue weighted by molar-refractivity contribution is 0.0695. The summed E-state index contributed by atoms with van der Waals surface area (Å²) in [6, 6.07) is 0.554. The second kappa shape index (κ2) is 6.30. The van der Waals surface area contributed by atoms with E-state index in [1.807, 2.05) is 11.5 Å². The number of likely N-dealkylation sites (N-methyl/N-ethyl adjacent to an activating group) is 1. The largest absolute Gasteiger partial charge is 0.477 e. The normalized spacial score (nSPS) is 22.5. The van der Waals surface area contributed by atoms with Crippen molar-refractivity contribution in [3.05, 3.63) is 38.9 Å². The fourth-order valence-electron chi connectivity index (χ4n) is 5.58. The van der Waals surface area contributed by atoms with E-state index in [1.54, 1.807) is 6.92 Å². The Hall–Kier alpha value is -2.41. The Bertz CT molecular complexity index is 1150. The number of halogens is 1. The summed E-state index contributed by atoms with van der Waals surface area (Å²) in [5, 5.41) is 9.75. The van der Waals surface area contributed by atoms with Crippen molar-refractivity contribution < 1.29 is 14.3 Å². The first kappa shape index (κ1) is 19.5. The molecule has 1 saturated heterocycles. The number of hydrogen-bond acceptors (Lipinski definition) is 4. The van der Waals surface area contributed by atoms with Crippen molar-refractivity contribution in [3.8, 4) is 0 Å². The first-order valence-electron chi connectivity index (χ1n) is 10.7. The predicted molar refractivity (Wildman–Crippen MR) is 114 cm³/mol. The van der Waals surface area contributed by atoms with Gasteiger partial charge in [-0.3, -0.25) is 4.79 Å². The number of aromatic carboxylic acids is 1. The molecule has 0 amide bonds. The molecule has 2 saturated carbocycles. The van der Waals surface area contributed by atoms with Gasteiger partial charge in [0.05, 0.1) is 16.6 Å². The average Bonchev–Trinajstić information content (AvgIpc) is 3.58. The van der Waals surface area contributed by atoms with Crippen LogP contribution in [-0.4, -0.2) is 53.8 Å². The zero-order chi connectivity index (χ0) is 21.5. The molecule has 1 spiro atoms. The van der Waals surface area contributed by atoms with E-state index in [0.29, 0.717) is 17.2 Å². The molecule has 160 valence electrons. The van der Waals surface area contributed by atoms with E-state index in [4.69, 9.17) is 0 Å². The van der Waals surface area contributed by atoms with Crippen LogP contribution >= 0.6 is 0 Å². The maximum Gasteiger partial charge on any atom is 0.341 e. The Morgan fingerprint density at radius 3 is 2.40 bits per heavy atom. The summed E-state index contributed by atoms with van der Waals surface area (Å²) in [6.45, 7) is 5.06. The highest BCUT2D eigenvalue weighted by Crippen LogP contribution is 2.55. The number of aromatic nitrogens is 1. The van der Waals surface area contributed by atoms with Crippen LogP contribution in [0.1, 0.15) is 53.2 Å². The summed E-state index contributed by atoms with van der Waals surface area (Å²) < 4.78 is 17.7. The van der Waals surface area contributed by atoms with E-state index in [9.17, 15) is 14.7 Å². The zero-order valence-corrected chi connectivity index (χ0v) is 18.0. The minimum atomic E-state index is -1.26. The number of nitrogens with zero attached hydrogens (tertiary/aromatic N) is 3. The highest BCUT2D eigenvalue weighted by Gasteiger charge is 2.56. The van der Waals surface area contributed by atoms with Gasteiger partial charge in [0.25, 0.3) is 0 Å². The van der Waals surface area contributed by atoms with Crippen LogP contribution in [0.25, 0.3) is 10.9 Å². The van der Waals surface area contributed by atoms with E-state index < -0.39 is 17.2 Å². The van der Waals surface area contributed by atoms with Crippen molar-refractivity contribution in [1.29, 1.82) is 0 Å². The molecule has 3 fully saturated rings. The molecule has 1 atom stereocenters. The number of carboxylic acid groups (broad SMARTS) is 1. The third-order valence-corrected chi connectivity index (χ3v) is 7.47. The summed E-state index contributed by atoms with van der Waals surface area (Å²) in [7, 11) is 4.17. The molecule has 1 aromatic carbocycles. The molecule has 7 heteroatoms. The van der Waals surface area contributed by atoms with Gasteiger partial charge in [0.2, 0.25) is 5.43 Å². The number of rotatable bonds is 4. The quantitative estimate of drug-likeness (QED) is 0.833. The molecule has 1 N–H and O–H groups in total. The molecule has 1 aromatic heterocycles. The van der Waals surface area contributed by atoms with Crippen LogP contribution in [0.5, 0.6) is 0 Å². The van der Waals surface area contributed by atoms with E-state index >= 15 is 4.39 Å². The van der Waals surface area contributed by atoms with Crippen molar-refractivity contribution >= 4 is 22.6 Å². The van der Waals surface area contributed by atoms with Crippen molar-refractivity contribution in [2.24, 2.45) is 5.41 Å². The summed E-state index contributed by atoms with van der Waals surface area (Å²) >= 11 is 0. The number of anilines is 1. The van der Waals surface area contributed by atoms with Crippen molar-refractivity contribution in [2.75, 3.05) is 32.1 Å². The van der Waals surface area contributed by atoms with Gasteiger partial charge in [-0.1, -0.05) is 0 Å². The first-order valence-corrected chi connectivity index (χ1v) is 10.7. The molecule has 1 aliphatic heterocycles. The zero-order valence-electron chi connectivity index (χ0n) is 18.0. The van der Waals surface area contributed by atoms with Gasteiger partial charge < -0.3 is 19.5 Å². The number of carboxylic acids is 1. The van der Waals surface area contributed by atoms with Crippen LogP contribution in [0, 0.1) is 25.1 Å². The van der Waals surface area contributed by atoms with Crippen molar-refractivity contribution in [3.63, 3.8) is 0 Å². The fraction of sp³-hybridized carbons (Fsp3) is 0.565. The van der Waals surface area contributed by atoms with Gasteiger partial charge in [-0.15, -0.1) is 0 Å². The summed E-state index contributed by atoms with van der Waals surface area (Å²) in [5.41, 5.74) is 1.62. The third kappa shape index (κ3) is 2.64. The molecule has 2 aliphatic carbocycles. The molecule has 30 heavy (non-hydrogen) atoms.